The standard InChI is InChI=1S/C20H27FN2O3S/c1-14(2)13-15-18(20(15,3)4)19(24)22-9-11-23(12-10-22)27(25,26)17-8-6-5-7-16(17)21/h5-8,13,15,18H,9-12H2,1-4H3. The van der Waals surface area contributed by atoms with Crippen molar-refractivity contribution in [3.8, 4) is 0 Å². The zero-order valence-corrected chi connectivity index (χ0v) is 17.1. The Bertz CT molecular complexity index is 867. The predicted molar refractivity (Wildman–Crippen MR) is 102 cm³/mol. The van der Waals surface area contributed by atoms with E-state index < -0.39 is 15.8 Å². The van der Waals surface area contributed by atoms with Gasteiger partial charge in [0.25, 0.3) is 0 Å². The summed E-state index contributed by atoms with van der Waals surface area (Å²) in [5, 5.41) is 0. The van der Waals surface area contributed by atoms with E-state index in [1.165, 1.54) is 28.1 Å². The Hall–Kier alpha value is -1.73. The summed E-state index contributed by atoms with van der Waals surface area (Å²) in [5.74, 6) is -0.483. The van der Waals surface area contributed by atoms with E-state index in [4.69, 9.17) is 0 Å². The summed E-state index contributed by atoms with van der Waals surface area (Å²) in [4.78, 5) is 14.4. The fourth-order valence-corrected chi connectivity index (χ4v) is 5.45. The fraction of sp³-hybridized carbons (Fsp3) is 0.550. The van der Waals surface area contributed by atoms with Crippen molar-refractivity contribution in [1.29, 1.82) is 0 Å². The molecule has 1 saturated carbocycles. The van der Waals surface area contributed by atoms with Gasteiger partial charge < -0.3 is 4.90 Å². The van der Waals surface area contributed by atoms with Gasteiger partial charge in [0.1, 0.15) is 10.7 Å². The van der Waals surface area contributed by atoms with E-state index in [0.29, 0.717) is 13.1 Å². The number of piperazine rings is 1. The van der Waals surface area contributed by atoms with Gasteiger partial charge in [0.2, 0.25) is 15.9 Å². The first-order chi connectivity index (χ1) is 12.6. The van der Waals surface area contributed by atoms with Gasteiger partial charge in [-0.3, -0.25) is 4.79 Å². The quantitative estimate of drug-likeness (QED) is 0.738. The van der Waals surface area contributed by atoms with Crippen molar-refractivity contribution in [2.45, 2.75) is 32.6 Å². The molecule has 2 aliphatic rings. The SMILES string of the molecule is CC(C)=CC1C(C(=O)N2CCN(S(=O)(=O)c3ccccc3F)CC2)C1(C)C. The monoisotopic (exact) mass is 394 g/mol. The van der Waals surface area contributed by atoms with Crippen molar-refractivity contribution in [3.63, 3.8) is 0 Å². The molecule has 0 aromatic heterocycles. The van der Waals surface area contributed by atoms with Crippen LogP contribution in [0.5, 0.6) is 0 Å². The lowest BCUT2D eigenvalue weighted by atomic mass is 10.1. The third-order valence-corrected chi connectivity index (χ3v) is 7.63. The molecule has 2 atom stereocenters. The third-order valence-electron chi connectivity index (χ3n) is 5.69. The Morgan fingerprint density at radius 3 is 2.30 bits per heavy atom. The van der Waals surface area contributed by atoms with Crippen LogP contribution in [-0.2, 0) is 14.8 Å². The van der Waals surface area contributed by atoms with E-state index in [1.807, 2.05) is 13.8 Å². The minimum absolute atomic E-state index is 0.0536. The second kappa shape index (κ2) is 7.02. The number of carbonyl (C=O) groups is 1. The highest BCUT2D eigenvalue weighted by Crippen LogP contribution is 2.60. The second-order valence-electron chi connectivity index (χ2n) is 8.23. The Kier molecular flexibility index (Phi) is 5.20. The number of rotatable bonds is 4. The van der Waals surface area contributed by atoms with Gasteiger partial charge in [0.05, 0.1) is 5.92 Å². The zero-order chi connectivity index (χ0) is 20.0. The Morgan fingerprint density at radius 2 is 1.74 bits per heavy atom. The van der Waals surface area contributed by atoms with Crippen LogP contribution in [0.1, 0.15) is 27.7 Å². The maximum Gasteiger partial charge on any atom is 0.246 e. The van der Waals surface area contributed by atoms with Crippen molar-refractivity contribution in [2.24, 2.45) is 17.3 Å². The van der Waals surface area contributed by atoms with Crippen LogP contribution in [0.2, 0.25) is 0 Å². The zero-order valence-electron chi connectivity index (χ0n) is 16.3. The lowest BCUT2D eigenvalue weighted by Crippen LogP contribution is -2.51. The number of nitrogens with zero attached hydrogens (tertiary/aromatic N) is 2. The fourth-order valence-electron chi connectivity index (χ4n) is 3.96. The van der Waals surface area contributed by atoms with Crippen LogP contribution in [0, 0.1) is 23.1 Å². The molecule has 1 amide bonds. The first kappa shape index (κ1) is 20.0. The molecule has 1 saturated heterocycles. The van der Waals surface area contributed by atoms with Crippen molar-refractivity contribution in [1.82, 2.24) is 9.21 Å². The Balaban J connectivity index is 1.67. The molecule has 1 aromatic rings. The van der Waals surface area contributed by atoms with Crippen LogP contribution in [0.4, 0.5) is 4.39 Å². The molecule has 2 fully saturated rings. The Labute approximate surface area is 160 Å². The summed E-state index contributed by atoms with van der Waals surface area (Å²) in [6.45, 7) is 9.29. The van der Waals surface area contributed by atoms with Crippen molar-refractivity contribution in [2.75, 3.05) is 26.2 Å². The molecule has 1 aromatic carbocycles. The molecule has 3 rings (SSSR count). The summed E-state index contributed by atoms with van der Waals surface area (Å²) < 4.78 is 40.5. The number of sulfonamides is 1. The van der Waals surface area contributed by atoms with Crippen LogP contribution >= 0.6 is 0 Å². The highest BCUT2D eigenvalue weighted by atomic mass is 32.2. The van der Waals surface area contributed by atoms with Gasteiger partial charge in [-0.05, 0) is 37.3 Å². The molecular weight excluding hydrogens is 367 g/mol. The van der Waals surface area contributed by atoms with Gasteiger partial charge in [0, 0.05) is 26.2 Å². The number of hydrogen-bond acceptors (Lipinski definition) is 3. The summed E-state index contributed by atoms with van der Waals surface area (Å²) in [5.41, 5.74) is 1.13. The van der Waals surface area contributed by atoms with Crippen molar-refractivity contribution >= 4 is 15.9 Å². The van der Waals surface area contributed by atoms with E-state index in [2.05, 4.69) is 19.9 Å². The van der Waals surface area contributed by atoms with Crippen LogP contribution < -0.4 is 0 Å². The molecule has 1 aliphatic carbocycles. The smallest absolute Gasteiger partial charge is 0.246 e. The predicted octanol–water partition coefficient (Wildman–Crippen LogP) is 2.90. The van der Waals surface area contributed by atoms with Gasteiger partial charge in [0.15, 0.2) is 0 Å². The average Bonchev–Trinajstić information content (AvgIpc) is 3.14. The summed E-state index contributed by atoms with van der Waals surface area (Å²) in [7, 11) is -3.89. The molecule has 0 radical (unpaired) electrons. The number of amides is 1. The van der Waals surface area contributed by atoms with Gasteiger partial charge >= 0.3 is 0 Å². The molecule has 0 spiro atoms. The van der Waals surface area contributed by atoms with E-state index in [0.717, 1.165) is 6.07 Å². The highest BCUT2D eigenvalue weighted by molar-refractivity contribution is 7.89. The van der Waals surface area contributed by atoms with Crippen LogP contribution in [0.15, 0.2) is 40.8 Å². The first-order valence-corrected chi connectivity index (χ1v) is 10.7. The topological polar surface area (TPSA) is 57.7 Å². The van der Waals surface area contributed by atoms with Gasteiger partial charge in [-0.15, -0.1) is 0 Å². The molecule has 27 heavy (non-hydrogen) atoms. The second-order valence-corrected chi connectivity index (χ2v) is 10.1. The van der Waals surface area contributed by atoms with E-state index in [9.17, 15) is 17.6 Å². The molecule has 148 valence electrons. The maximum atomic E-state index is 13.9. The number of benzene rings is 1. The summed E-state index contributed by atoms with van der Waals surface area (Å²) in [6, 6.07) is 5.39. The van der Waals surface area contributed by atoms with Crippen molar-refractivity contribution < 1.29 is 17.6 Å². The maximum absolute atomic E-state index is 13.9. The van der Waals surface area contributed by atoms with E-state index in [-0.39, 0.29) is 41.1 Å². The Morgan fingerprint density at radius 1 is 1.15 bits per heavy atom. The molecule has 1 aliphatic heterocycles. The highest BCUT2D eigenvalue weighted by Gasteiger charge is 2.61. The van der Waals surface area contributed by atoms with Crippen molar-refractivity contribution in [3.05, 3.63) is 41.7 Å². The van der Waals surface area contributed by atoms with E-state index in [1.54, 1.807) is 4.90 Å². The minimum Gasteiger partial charge on any atom is -0.340 e. The van der Waals surface area contributed by atoms with E-state index >= 15 is 0 Å². The minimum atomic E-state index is -3.89. The largest absolute Gasteiger partial charge is 0.340 e. The first-order valence-electron chi connectivity index (χ1n) is 9.25. The molecular formula is C20H27FN2O3S. The molecule has 1 heterocycles. The van der Waals surface area contributed by atoms with Gasteiger partial charge in [-0.25, -0.2) is 12.8 Å². The number of allylic oxidation sites excluding steroid dienone is 2. The van der Waals surface area contributed by atoms with Crippen LogP contribution in [-0.4, -0.2) is 49.7 Å². The summed E-state index contributed by atoms with van der Waals surface area (Å²) in [6.07, 6.45) is 2.15. The normalized spacial score (nSPS) is 25.1. The van der Waals surface area contributed by atoms with Crippen LogP contribution in [0.3, 0.4) is 0 Å². The molecule has 5 nitrogen and oxygen atoms in total. The van der Waals surface area contributed by atoms with Gasteiger partial charge in [-0.1, -0.05) is 37.6 Å². The average molecular weight is 395 g/mol. The molecule has 2 unspecified atom stereocenters. The number of halogens is 1. The molecule has 7 heteroatoms. The number of hydrogen-bond donors (Lipinski definition) is 0. The summed E-state index contributed by atoms with van der Waals surface area (Å²) >= 11 is 0. The lowest BCUT2D eigenvalue weighted by Gasteiger charge is -2.34. The number of carbonyl (C=O) groups excluding carboxylic acids is 1. The third kappa shape index (κ3) is 3.67. The molecule has 0 N–H and O–H groups in total. The van der Waals surface area contributed by atoms with Crippen LogP contribution in [0.25, 0.3) is 0 Å². The van der Waals surface area contributed by atoms with Gasteiger partial charge in [-0.2, -0.15) is 4.31 Å². The lowest BCUT2D eigenvalue weighted by molar-refractivity contribution is -0.134. The molecule has 0 bridgehead atoms.